The van der Waals surface area contributed by atoms with Crippen molar-refractivity contribution in [3.63, 3.8) is 0 Å². The predicted octanol–water partition coefficient (Wildman–Crippen LogP) is 1.46. The molecule has 1 amide bonds. The maximum atomic E-state index is 12.0. The normalized spacial score (nSPS) is 24.0. The van der Waals surface area contributed by atoms with E-state index in [1.165, 1.54) is 0 Å². The molecule has 1 atom stereocenters. The lowest BCUT2D eigenvalue weighted by Gasteiger charge is -2.53. The predicted molar refractivity (Wildman–Crippen MR) is 82.9 cm³/mol. The van der Waals surface area contributed by atoms with E-state index in [0.717, 1.165) is 39.0 Å². The third-order valence-corrected chi connectivity index (χ3v) is 5.45. The molecule has 21 heavy (non-hydrogen) atoms. The van der Waals surface area contributed by atoms with Gasteiger partial charge in [0.25, 0.3) is 0 Å². The van der Waals surface area contributed by atoms with Crippen molar-refractivity contribution < 1.29 is 13.7 Å². The zero-order chi connectivity index (χ0) is 15.8. The summed E-state index contributed by atoms with van der Waals surface area (Å²) in [5.74, 6) is 0. The van der Waals surface area contributed by atoms with Crippen LogP contribution in [0.3, 0.4) is 0 Å². The summed E-state index contributed by atoms with van der Waals surface area (Å²) < 4.78 is 21.1. The van der Waals surface area contributed by atoms with Gasteiger partial charge in [0.05, 0.1) is 0 Å². The maximum Gasteiger partial charge on any atom is 0.410 e. The van der Waals surface area contributed by atoms with Gasteiger partial charge in [-0.15, -0.1) is 0 Å². The van der Waals surface area contributed by atoms with Gasteiger partial charge in [0, 0.05) is 45.7 Å². The van der Waals surface area contributed by atoms with Crippen molar-refractivity contribution in [1.82, 2.24) is 13.5 Å². The molecule has 6 nitrogen and oxygen atoms in total. The van der Waals surface area contributed by atoms with Gasteiger partial charge < -0.3 is 9.64 Å². The highest BCUT2D eigenvalue weighted by Crippen LogP contribution is 2.41. The van der Waals surface area contributed by atoms with Crippen LogP contribution in [0.4, 0.5) is 4.79 Å². The highest BCUT2D eigenvalue weighted by molar-refractivity contribution is 7.80. The van der Waals surface area contributed by atoms with E-state index >= 15 is 0 Å². The summed E-state index contributed by atoms with van der Waals surface area (Å²) in [6.45, 7) is 8.84. The molecule has 0 N–H and O–H groups in total. The van der Waals surface area contributed by atoms with Crippen molar-refractivity contribution in [2.45, 2.75) is 39.2 Å². The summed E-state index contributed by atoms with van der Waals surface area (Å²) in [4.78, 5) is 13.7. The number of amides is 1. The number of piperidine rings is 1. The summed E-state index contributed by atoms with van der Waals surface area (Å²) >= 11 is -1.04. The van der Waals surface area contributed by atoms with Gasteiger partial charge in [0.1, 0.15) is 5.60 Å². The number of likely N-dealkylation sites (tertiary alicyclic amines) is 1. The Labute approximate surface area is 130 Å². The van der Waals surface area contributed by atoms with Gasteiger partial charge in [-0.05, 0) is 33.6 Å². The average Bonchev–Trinajstić information content (AvgIpc) is 2.33. The van der Waals surface area contributed by atoms with E-state index in [0.29, 0.717) is 0 Å². The monoisotopic (exact) mass is 317 g/mol. The number of hydrogen-bond donors (Lipinski definition) is 0. The summed E-state index contributed by atoms with van der Waals surface area (Å²) in [5.41, 5.74) is -0.226. The lowest BCUT2D eigenvalue weighted by atomic mass is 9.72. The second-order valence-corrected chi connectivity index (χ2v) is 9.02. The van der Waals surface area contributed by atoms with Crippen LogP contribution in [-0.4, -0.2) is 69.7 Å². The fourth-order valence-electron chi connectivity index (χ4n) is 2.88. The second-order valence-electron chi connectivity index (χ2n) is 7.31. The summed E-state index contributed by atoms with van der Waals surface area (Å²) in [5, 5.41) is 0. The van der Waals surface area contributed by atoms with Crippen LogP contribution in [0.15, 0.2) is 0 Å². The number of carbonyl (C=O) groups is 1. The van der Waals surface area contributed by atoms with Crippen molar-refractivity contribution in [2.24, 2.45) is 5.41 Å². The minimum Gasteiger partial charge on any atom is -0.444 e. The highest BCUT2D eigenvalue weighted by Gasteiger charge is 2.48. The van der Waals surface area contributed by atoms with Crippen LogP contribution in [0.25, 0.3) is 0 Å². The molecule has 122 valence electrons. The van der Waals surface area contributed by atoms with Gasteiger partial charge in [-0.1, -0.05) is 0 Å². The molecule has 0 radical (unpaired) electrons. The quantitative estimate of drug-likeness (QED) is 0.775. The molecular formula is C14H27N3O3S. The summed E-state index contributed by atoms with van der Waals surface area (Å²) in [7, 11) is 3.65. The lowest BCUT2D eigenvalue weighted by Crippen LogP contribution is -2.62. The van der Waals surface area contributed by atoms with E-state index < -0.39 is 16.8 Å². The van der Waals surface area contributed by atoms with Crippen LogP contribution in [0.2, 0.25) is 0 Å². The Kier molecular flexibility index (Phi) is 4.66. The van der Waals surface area contributed by atoms with Crippen LogP contribution < -0.4 is 0 Å². The molecule has 0 bridgehead atoms. The highest BCUT2D eigenvalue weighted by atomic mass is 32.2. The van der Waals surface area contributed by atoms with Crippen LogP contribution in [0.5, 0.6) is 0 Å². The molecule has 0 aromatic heterocycles. The van der Waals surface area contributed by atoms with Crippen molar-refractivity contribution in [3.05, 3.63) is 0 Å². The Morgan fingerprint density at radius 2 is 1.71 bits per heavy atom. The average molecular weight is 317 g/mol. The molecule has 2 aliphatic rings. The Hall–Kier alpha value is -0.660. The molecule has 0 aliphatic carbocycles. The third-order valence-electron chi connectivity index (χ3n) is 4.02. The van der Waals surface area contributed by atoms with Gasteiger partial charge >= 0.3 is 6.09 Å². The van der Waals surface area contributed by atoms with Gasteiger partial charge in [-0.2, -0.15) is 0 Å². The minimum atomic E-state index is -1.04. The largest absolute Gasteiger partial charge is 0.444 e. The molecule has 7 heteroatoms. The number of ether oxygens (including phenoxy) is 1. The van der Waals surface area contributed by atoms with Crippen LogP contribution in [-0.2, 0) is 15.9 Å². The van der Waals surface area contributed by atoms with Crippen molar-refractivity contribution in [3.8, 4) is 0 Å². The van der Waals surface area contributed by atoms with E-state index in [1.54, 1.807) is 9.21 Å². The smallest absolute Gasteiger partial charge is 0.410 e. The Balaban J connectivity index is 1.80. The van der Waals surface area contributed by atoms with Crippen molar-refractivity contribution in [2.75, 3.05) is 40.3 Å². The number of carbonyl (C=O) groups excluding carboxylic acids is 1. The summed E-state index contributed by atoms with van der Waals surface area (Å²) in [6.07, 6.45) is 1.77. The van der Waals surface area contributed by atoms with E-state index in [9.17, 15) is 9.00 Å². The van der Waals surface area contributed by atoms with Gasteiger partial charge in [0.15, 0.2) is 11.2 Å². The molecule has 2 fully saturated rings. The zero-order valence-corrected chi connectivity index (χ0v) is 14.5. The molecule has 0 aromatic carbocycles. The Morgan fingerprint density at radius 3 is 2.14 bits per heavy atom. The van der Waals surface area contributed by atoms with E-state index in [-0.39, 0.29) is 11.5 Å². The Morgan fingerprint density at radius 1 is 1.19 bits per heavy atom. The first-order valence-corrected chi connectivity index (χ1v) is 8.50. The lowest BCUT2D eigenvalue weighted by molar-refractivity contribution is -0.0520. The van der Waals surface area contributed by atoms with Crippen molar-refractivity contribution in [1.29, 1.82) is 0 Å². The molecule has 2 saturated heterocycles. The van der Waals surface area contributed by atoms with Crippen LogP contribution in [0.1, 0.15) is 33.6 Å². The molecule has 2 rings (SSSR count). The van der Waals surface area contributed by atoms with Crippen LogP contribution in [0, 0.1) is 5.41 Å². The number of rotatable bonds is 2. The molecule has 0 saturated carbocycles. The first kappa shape index (κ1) is 16.7. The molecule has 2 heterocycles. The SMILES string of the molecule is CN(C)S(=O)N1CCC2(CC1)CN(C(=O)OC(C)(C)C)C2. The molecule has 0 aromatic rings. The van der Waals surface area contributed by atoms with Gasteiger partial charge in [-0.25, -0.2) is 17.6 Å². The maximum absolute atomic E-state index is 12.0. The second kappa shape index (κ2) is 5.85. The molecule has 1 unspecified atom stereocenters. The fourth-order valence-corrected chi connectivity index (χ4v) is 3.84. The third kappa shape index (κ3) is 3.96. The molecular weight excluding hydrogens is 290 g/mol. The topological polar surface area (TPSA) is 53.1 Å². The summed E-state index contributed by atoms with van der Waals surface area (Å²) in [6, 6.07) is 0. The fraction of sp³-hybridized carbons (Fsp3) is 0.929. The van der Waals surface area contributed by atoms with E-state index in [4.69, 9.17) is 4.74 Å². The number of hydrogen-bond acceptors (Lipinski definition) is 3. The first-order valence-electron chi connectivity index (χ1n) is 7.44. The van der Waals surface area contributed by atoms with Gasteiger partial charge in [0.2, 0.25) is 0 Å². The van der Waals surface area contributed by atoms with Gasteiger partial charge in [-0.3, -0.25) is 0 Å². The molecule has 1 spiro atoms. The molecule has 2 aliphatic heterocycles. The standard InChI is InChI=1S/C14H27N3O3S/c1-13(2,3)20-12(18)16-10-14(11-16)6-8-17(9-7-14)21(19)15(4)5/h6-11H2,1-5H3. The van der Waals surface area contributed by atoms with Crippen LogP contribution >= 0.6 is 0 Å². The zero-order valence-electron chi connectivity index (χ0n) is 13.7. The minimum absolute atomic E-state index is 0.212. The van der Waals surface area contributed by atoms with E-state index in [2.05, 4.69) is 0 Å². The van der Waals surface area contributed by atoms with Crippen molar-refractivity contribution >= 4 is 17.3 Å². The Bertz CT molecular complexity index is 418. The first-order chi connectivity index (χ1) is 9.62. The number of nitrogens with zero attached hydrogens (tertiary/aromatic N) is 3. The van der Waals surface area contributed by atoms with E-state index in [1.807, 2.05) is 39.2 Å².